The normalized spacial score (nSPS) is 19.3. The molecular formula is C6H11NO3. The first-order valence-corrected chi connectivity index (χ1v) is 3.43. The van der Waals surface area contributed by atoms with E-state index < -0.39 is 6.09 Å². The van der Waals surface area contributed by atoms with Gasteiger partial charge in [-0.25, -0.2) is 4.79 Å². The van der Waals surface area contributed by atoms with E-state index in [0.29, 0.717) is 5.06 Å². The van der Waals surface area contributed by atoms with Gasteiger partial charge in [0.2, 0.25) is 0 Å². The molecule has 0 atom stereocenters. The summed E-state index contributed by atoms with van der Waals surface area (Å²) in [5.74, 6) is 0. The van der Waals surface area contributed by atoms with Gasteiger partial charge in [-0.15, -0.1) is 0 Å². The highest BCUT2D eigenvalue weighted by Gasteiger charge is 2.24. The van der Waals surface area contributed by atoms with E-state index in [1.54, 1.807) is 0 Å². The molecule has 0 radical (unpaired) electrons. The van der Waals surface area contributed by atoms with Crippen LogP contribution in [0.15, 0.2) is 0 Å². The maximum absolute atomic E-state index is 10.2. The topological polar surface area (TPSA) is 60.8 Å². The summed E-state index contributed by atoms with van der Waals surface area (Å²) in [6.07, 6.45) is 2.39. The minimum atomic E-state index is -1.24. The van der Waals surface area contributed by atoms with Crippen LogP contribution in [0, 0.1) is 0 Å². The predicted octanol–water partition coefficient (Wildman–Crippen LogP) is 1.30. The van der Waals surface area contributed by atoms with Gasteiger partial charge in [-0.1, -0.05) is 12.8 Å². The van der Waals surface area contributed by atoms with Crippen LogP contribution in [0.3, 0.4) is 0 Å². The summed E-state index contributed by atoms with van der Waals surface area (Å²) >= 11 is 0. The van der Waals surface area contributed by atoms with Crippen molar-refractivity contribution in [1.29, 1.82) is 0 Å². The van der Waals surface area contributed by atoms with Crippen molar-refractivity contribution in [3.63, 3.8) is 0 Å². The van der Waals surface area contributed by atoms with Gasteiger partial charge in [0.1, 0.15) is 0 Å². The summed E-state index contributed by atoms with van der Waals surface area (Å²) < 4.78 is 0. The van der Waals surface area contributed by atoms with Gasteiger partial charge in [-0.05, 0) is 12.8 Å². The molecule has 0 saturated heterocycles. The van der Waals surface area contributed by atoms with Gasteiger partial charge in [0.25, 0.3) is 0 Å². The van der Waals surface area contributed by atoms with E-state index in [2.05, 4.69) is 0 Å². The Labute approximate surface area is 59.0 Å². The van der Waals surface area contributed by atoms with E-state index in [1.807, 2.05) is 0 Å². The largest absolute Gasteiger partial charge is 0.463 e. The first-order chi connectivity index (χ1) is 4.72. The fourth-order valence-electron chi connectivity index (χ4n) is 1.31. The molecule has 2 N–H and O–H groups in total. The summed E-state index contributed by atoms with van der Waals surface area (Å²) in [4.78, 5) is 10.2. The van der Waals surface area contributed by atoms with Crippen LogP contribution in [0.2, 0.25) is 0 Å². The number of hydroxylamine groups is 2. The third kappa shape index (κ3) is 1.39. The van der Waals surface area contributed by atoms with Crippen LogP contribution in [0.5, 0.6) is 0 Å². The van der Waals surface area contributed by atoms with Crippen molar-refractivity contribution in [1.82, 2.24) is 5.06 Å². The smallest absolute Gasteiger partial charge is 0.431 e. The molecule has 1 saturated carbocycles. The number of rotatable bonds is 1. The van der Waals surface area contributed by atoms with E-state index in [-0.39, 0.29) is 6.04 Å². The van der Waals surface area contributed by atoms with Crippen LogP contribution in [0.25, 0.3) is 0 Å². The average Bonchev–Trinajstić information content (AvgIpc) is 2.36. The zero-order chi connectivity index (χ0) is 7.56. The highest BCUT2D eigenvalue weighted by molar-refractivity contribution is 5.63. The number of carbonyl (C=O) groups is 1. The zero-order valence-corrected chi connectivity index (χ0v) is 5.66. The Bertz CT molecular complexity index is 131. The van der Waals surface area contributed by atoms with Gasteiger partial charge in [0.15, 0.2) is 0 Å². The Hall–Kier alpha value is -0.770. The molecular weight excluding hydrogens is 134 g/mol. The molecule has 0 unspecified atom stereocenters. The maximum atomic E-state index is 10.2. The van der Waals surface area contributed by atoms with E-state index in [1.165, 1.54) is 0 Å². The molecule has 1 aliphatic rings. The highest BCUT2D eigenvalue weighted by Crippen LogP contribution is 2.21. The maximum Gasteiger partial charge on any atom is 0.431 e. The van der Waals surface area contributed by atoms with Crippen LogP contribution < -0.4 is 0 Å². The third-order valence-corrected chi connectivity index (χ3v) is 1.87. The second kappa shape index (κ2) is 2.88. The van der Waals surface area contributed by atoms with Gasteiger partial charge in [-0.2, -0.15) is 5.06 Å². The predicted molar refractivity (Wildman–Crippen MR) is 33.9 cm³/mol. The minimum Gasteiger partial charge on any atom is -0.463 e. The van der Waals surface area contributed by atoms with Crippen molar-refractivity contribution < 1.29 is 15.1 Å². The lowest BCUT2D eigenvalue weighted by Crippen LogP contribution is -2.34. The van der Waals surface area contributed by atoms with Gasteiger partial charge in [-0.3, -0.25) is 5.21 Å². The van der Waals surface area contributed by atoms with Crippen molar-refractivity contribution in [3.05, 3.63) is 0 Å². The molecule has 4 heteroatoms. The molecule has 0 heterocycles. The number of carboxylic acid groups (broad SMARTS) is 1. The lowest BCUT2D eigenvalue weighted by molar-refractivity contribution is -0.0940. The average molecular weight is 145 g/mol. The van der Waals surface area contributed by atoms with Crippen molar-refractivity contribution >= 4 is 6.09 Å². The van der Waals surface area contributed by atoms with Crippen molar-refractivity contribution in [2.45, 2.75) is 31.7 Å². The van der Waals surface area contributed by atoms with Crippen molar-refractivity contribution in [2.24, 2.45) is 0 Å². The second-order valence-electron chi connectivity index (χ2n) is 2.57. The zero-order valence-electron chi connectivity index (χ0n) is 5.66. The highest BCUT2D eigenvalue weighted by atomic mass is 16.6. The van der Waals surface area contributed by atoms with Crippen molar-refractivity contribution in [3.8, 4) is 0 Å². The Morgan fingerprint density at radius 2 is 1.90 bits per heavy atom. The molecule has 0 aromatic carbocycles. The molecule has 10 heavy (non-hydrogen) atoms. The van der Waals surface area contributed by atoms with Crippen LogP contribution in [-0.4, -0.2) is 27.5 Å². The summed E-state index contributed by atoms with van der Waals surface area (Å²) in [6, 6.07) is -0.155. The van der Waals surface area contributed by atoms with Crippen LogP contribution in [0.1, 0.15) is 25.7 Å². The molecule has 0 aromatic heterocycles. The molecule has 0 spiro atoms. The van der Waals surface area contributed by atoms with E-state index in [0.717, 1.165) is 25.7 Å². The number of nitrogens with zero attached hydrogens (tertiary/aromatic N) is 1. The molecule has 1 rings (SSSR count). The number of hydrogen-bond donors (Lipinski definition) is 2. The molecule has 0 aliphatic heterocycles. The van der Waals surface area contributed by atoms with Gasteiger partial charge in [0.05, 0.1) is 6.04 Å². The standard InChI is InChI=1S/C6H11NO3/c8-6(9)7(10)5-3-1-2-4-5/h5,10H,1-4H2,(H,8,9). The van der Waals surface area contributed by atoms with Crippen LogP contribution in [-0.2, 0) is 0 Å². The van der Waals surface area contributed by atoms with Crippen LogP contribution in [0.4, 0.5) is 4.79 Å². The fraction of sp³-hybridized carbons (Fsp3) is 0.833. The van der Waals surface area contributed by atoms with E-state index in [9.17, 15) is 4.79 Å². The molecule has 4 nitrogen and oxygen atoms in total. The molecule has 0 aromatic rings. The third-order valence-electron chi connectivity index (χ3n) is 1.87. The number of hydrogen-bond acceptors (Lipinski definition) is 2. The molecule has 1 fully saturated rings. The lowest BCUT2D eigenvalue weighted by atomic mass is 10.2. The quantitative estimate of drug-likeness (QED) is 0.432. The summed E-state index contributed by atoms with van der Waals surface area (Å²) in [5.41, 5.74) is 0. The first-order valence-electron chi connectivity index (χ1n) is 3.43. The minimum absolute atomic E-state index is 0.155. The Kier molecular flexibility index (Phi) is 2.11. The molecule has 0 bridgehead atoms. The van der Waals surface area contributed by atoms with Crippen LogP contribution >= 0.6 is 0 Å². The molecule has 1 amide bonds. The van der Waals surface area contributed by atoms with Gasteiger partial charge in [0, 0.05) is 0 Å². The summed E-state index contributed by atoms with van der Waals surface area (Å²) in [7, 11) is 0. The lowest BCUT2D eigenvalue weighted by Gasteiger charge is -2.17. The number of amides is 1. The van der Waals surface area contributed by atoms with Gasteiger partial charge < -0.3 is 5.11 Å². The molecule has 1 aliphatic carbocycles. The summed E-state index contributed by atoms with van der Waals surface area (Å²) in [6.45, 7) is 0. The Morgan fingerprint density at radius 3 is 2.30 bits per heavy atom. The Morgan fingerprint density at radius 1 is 1.40 bits per heavy atom. The monoisotopic (exact) mass is 145 g/mol. The van der Waals surface area contributed by atoms with E-state index >= 15 is 0 Å². The van der Waals surface area contributed by atoms with E-state index in [4.69, 9.17) is 10.3 Å². The SMILES string of the molecule is O=C(O)N(O)C1CCCC1. The molecule has 58 valence electrons. The Balaban J connectivity index is 2.39. The van der Waals surface area contributed by atoms with Crippen molar-refractivity contribution in [2.75, 3.05) is 0 Å². The van der Waals surface area contributed by atoms with Gasteiger partial charge >= 0.3 is 6.09 Å². The first kappa shape index (κ1) is 7.34. The second-order valence-corrected chi connectivity index (χ2v) is 2.57. The fourth-order valence-corrected chi connectivity index (χ4v) is 1.31. The summed E-state index contributed by atoms with van der Waals surface area (Å²) in [5, 5.41) is 17.6.